The Kier molecular flexibility index (Phi) is 3.61. The van der Waals surface area contributed by atoms with E-state index in [-0.39, 0.29) is 0 Å². The first-order valence-corrected chi connectivity index (χ1v) is 6.10. The van der Waals surface area contributed by atoms with Crippen LogP contribution in [-0.2, 0) is 10.3 Å². The van der Waals surface area contributed by atoms with Crippen LogP contribution in [0.25, 0.3) is 0 Å². The van der Waals surface area contributed by atoms with E-state index in [9.17, 15) is 14.7 Å². The summed E-state index contributed by atoms with van der Waals surface area (Å²) >= 11 is 0. The molecule has 1 heterocycles. The van der Waals surface area contributed by atoms with Gasteiger partial charge in [0, 0.05) is 0 Å². The maximum absolute atomic E-state index is 12.1. The lowest BCUT2D eigenvalue weighted by Crippen LogP contribution is -2.49. The SMILES string of the molecule is Cc1cc(C(=O)NC(C)(C(=O)O)c2ccccc2)co1. The maximum atomic E-state index is 12.1. The first-order chi connectivity index (χ1) is 9.43. The van der Waals surface area contributed by atoms with Crippen molar-refractivity contribution in [3.63, 3.8) is 0 Å². The Balaban J connectivity index is 2.31. The van der Waals surface area contributed by atoms with E-state index in [0.717, 1.165) is 0 Å². The fraction of sp³-hybridized carbons (Fsp3) is 0.200. The molecular formula is C15H15NO4. The van der Waals surface area contributed by atoms with Crippen molar-refractivity contribution in [2.75, 3.05) is 0 Å². The van der Waals surface area contributed by atoms with Gasteiger partial charge in [-0.1, -0.05) is 30.3 Å². The number of aryl methyl sites for hydroxylation is 1. The first-order valence-electron chi connectivity index (χ1n) is 6.10. The monoisotopic (exact) mass is 273 g/mol. The van der Waals surface area contributed by atoms with E-state index in [1.54, 1.807) is 43.3 Å². The van der Waals surface area contributed by atoms with Crippen molar-refractivity contribution in [2.24, 2.45) is 0 Å². The van der Waals surface area contributed by atoms with Crippen molar-refractivity contribution in [2.45, 2.75) is 19.4 Å². The normalized spacial score (nSPS) is 13.5. The third-order valence-electron chi connectivity index (χ3n) is 3.14. The molecule has 5 heteroatoms. The Bertz CT molecular complexity index is 632. The highest BCUT2D eigenvalue weighted by atomic mass is 16.4. The van der Waals surface area contributed by atoms with E-state index in [0.29, 0.717) is 16.9 Å². The molecule has 2 N–H and O–H groups in total. The molecule has 0 aliphatic rings. The summed E-state index contributed by atoms with van der Waals surface area (Å²) in [6.45, 7) is 3.17. The zero-order chi connectivity index (χ0) is 14.8. The van der Waals surface area contributed by atoms with Crippen molar-refractivity contribution in [1.29, 1.82) is 0 Å². The van der Waals surface area contributed by atoms with Gasteiger partial charge >= 0.3 is 5.97 Å². The number of furan rings is 1. The van der Waals surface area contributed by atoms with Gasteiger partial charge in [0.2, 0.25) is 0 Å². The summed E-state index contributed by atoms with van der Waals surface area (Å²) in [6, 6.07) is 10.1. The van der Waals surface area contributed by atoms with Crippen LogP contribution in [0.5, 0.6) is 0 Å². The number of benzene rings is 1. The highest BCUT2D eigenvalue weighted by molar-refractivity contribution is 5.97. The van der Waals surface area contributed by atoms with Gasteiger partial charge in [-0.2, -0.15) is 0 Å². The van der Waals surface area contributed by atoms with Gasteiger partial charge in [-0.3, -0.25) is 4.79 Å². The number of hydrogen-bond donors (Lipinski definition) is 2. The predicted molar refractivity (Wildman–Crippen MR) is 72.3 cm³/mol. The van der Waals surface area contributed by atoms with E-state index in [1.165, 1.54) is 13.2 Å². The van der Waals surface area contributed by atoms with Crippen LogP contribution in [0.4, 0.5) is 0 Å². The van der Waals surface area contributed by atoms with Gasteiger partial charge in [-0.25, -0.2) is 4.79 Å². The van der Waals surface area contributed by atoms with E-state index in [4.69, 9.17) is 4.42 Å². The summed E-state index contributed by atoms with van der Waals surface area (Å²) in [5.74, 6) is -1.03. The average Bonchev–Trinajstić information content (AvgIpc) is 2.86. The largest absolute Gasteiger partial charge is 0.479 e. The Morgan fingerprint density at radius 1 is 1.25 bits per heavy atom. The Morgan fingerprint density at radius 3 is 2.40 bits per heavy atom. The number of carboxylic acid groups (broad SMARTS) is 1. The molecule has 1 atom stereocenters. The lowest BCUT2D eigenvalue weighted by atomic mass is 9.92. The van der Waals surface area contributed by atoms with Crippen LogP contribution in [0.2, 0.25) is 0 Å². The van der Waals surface area contributed by atoms with Gasteiger partial charge in [0.25, 0.3) is 5.91 Å². The number of rotatable bonds is 4. The van der Waals surface area contributed by atoms with Gasteiger partial charge in [0.15, 0.2) is 5.54 Å². The van der Waals surface area contributed by atoms with Crippen molar-refractivity contribution in [3.05, 3.63) is 59.5 Å². The van der Waals surface area contributed by atoms with Crippen LogP contribution >= 0.6 is 0 Å². The fourth-order valence-electron chi connectivity index (χ4n) is 1.88. The van der Waals surface area contributed by atoms with Crippen molar-refractivity contribution in [1.82, 2.24) is 5.32 Å². The zero-order valence-corrected chi connectivity index (χ0v) is 11.2. The van der Waals surface area contributed by atoms with E-state index < -0.39 is 17.4 Å². The van der Waals surface area contributed by atoms with Gasteiger partial charge in [-0.15, -0.1) is 0 Å². The third kappa shape index (κ3) is 2.56. The quantitative estimate of drug-likeness (QED) is 0.896. The lowest BCUT2D eigenvalue weighted by molar-refractivity contribution is -0.144. The highest BCUT2D eigenvalue weighted by Gasteiger charge is 2.37. The fourth-order valence-corrected chi connectivity index (χ4v) is 1.88. The molecule has 0 bridgehead atoms. The maximum Gasteiger partial charge on any atom is 0.333 e. The molecule has 0 aliphatic carbocycles. The van der Waals surface area contributed by atoms with Crippen molar-refractivity contribution in [3.8, 4) is 0 Å². The summed E-state index contributed by atoms with van der Waals surface area (Å²) in [4.78, 5) is 23.7. The summed E-state index contributed by atoms with van der Waals surface area (Å²) in [7, 11) is 0. The van der Waals surface area contributed by atoms with Crippen LogP contribution in [0.15, 0.2) is 47.1 Å². The molecule has 104 valence electrons. The van der Waals surface area contributed by atoms with Crippen molar-refractivity contribution < 1.29 is 19.1 Å². The van der Waals surface area contributed by atoms with E-state index in [2.05, 4.69) is 5.32 Å². The molecule has 0 fully saturated rings. The highest BCUT2D eigenvalue weighted by Crippen LogP contribution is 2.22. The van der Waals surface area contributed by atoms with E-state index in [1.807, 2.05) is 0 Å². The molecule has 1 amide bonds. The molecule has 20 heavy (non-hydrogen) atoms. The van der Waals surface area contributed by atoms with Crippen molar-refractivity contribution >= 4 is 11.9 Å². The van der Waals surface area contributed by atoms with Crippen LogP contribution in [0.1, 0.15) is 28.6 Å². The summed E-state index contributed by atoms with van der Waals surface area (Å²) in [5.41, 5.74) is -0.698. The summed E-state index contributed by atoms with van der Waals surface area (Å²) < 4.78 is 5.06. The molecule has 1 unspecified atom stereocenters. The summed E-state index contributed by atoms with van der Waals surface area (Å²) in [5, 5.41) is 12.0. The Morgan fingerprint density at radius 2 is 1.90 bits per heavy atom. The topological polar surface area (TPSA) is 79.5 Å². The second-order valence-corrected chi connectivity index (χ2v) is 4.70. The van der Waals surface area contributed by atoms with Gasteiger partial charge in [0.1, 0.15) is 12.0 Å². The van der Waals surface area contributed by atoms with Crippen LogP contribution in [0, 0.1) is 6.92 Å². The second-order valence-electron chi connectivity index (χ2n) is 4.70. The molecule has 5 nitrogen and oxygen atoms in total. The van der Waals surface area contributed by atoms with Gasteiger partial charge in [0.05, 0.1) is 5.56 Å². The van der Waals surface area contributed by atoms with Crippen LogP contribution in [-0.4, -0.2) is 17.0 Å². The molecule has 1 aromatic carbocycles. The van der Waals surface area contributed by atoms with Gasteiger partial charge < -0.3 is 14.8 Å². The van der Waals surface area contributed by atoms with Gasteiger partial charge in [-0.05, 0) is 25.5 Å². The molecular weight excluding hydrogens is 258 g/mol. The zero-order valence-electron chi connectivity index (χ0n) is 11.2. The number of nitrogens with one attached hydrogen (secondary N) is 1. The lowest BCUT2D eigenvalue weighted by Gasteiger charge is -2.26. The molecule has 2 rings (SSSR count). The molecule has 0 spiro atoms. The summed E-state index contributed by atoms with van der Waals surface area (Å²) in [6.07, 6.45) is 1.30. The van der Waals surface area contributed by atoms with Crippen LogP contribution in [0.3, 0.4) is 0 Å². The number of amides is 1. The standard InChI is InChI=1S/C15H15NO4/c1-10-8-11(9-20-10)13(17)16-15(2,14(18)19)12-6-4-3-5-7-12/h3-9H,1-2H3,(H,16,17)(H,18,19). The second kappa shape index (κ2) is 5.21. The third-order valence-corrected chi connectivity index (χ3v) is 3.14. The molecule has 0 radical (unpaired) electrons. The minimum Gasteiger partial charge on any atom is -0.479 e. The van der Waals surface area contributed by atoms with Crippen LogP contribution < -0.4 is 5.32 Å². The number of carboxylic acids is 1. The number of aliphatic carboxylic acids is 1. The number of carbonyl (C=O) groups excluding carboxylic acids is 1. The molecule has 0 aliphatic heterocycles. The predicted octanol–water partition coefficient (Wildman–Crippen LogP) is 2.32. The Hall–Kier alpha value is -2.56. The Labute approximate surface area is 116 Å². The van der Waals surface area contributed by atoms with E-state index >= 15 is 0 Å². The molecule has 1 aromatic heterocycles. The minimum absolute atomic E-state index is 0.297. The first kappa shape index (κ1) is 13.9. The molecule has 2 aromatic rings. The molecule has 0 saturated carbocycles. The number of hydrogen-bond acceptors (Lipinski definition) is 3. The molecule has 0 saturated heterocycles. The number of carbonyl (C=O) groups is 2. The minimum atomic E-state index is -1.50. The average molecular weight is 273 g/mol. The smallest absolute Gasteiger partial charge is 0.333 e.